The van der Waals surface area contributed by atoms with Crippen molar-refractivity contribution in [2.24, 2.45) is 9.98 Å². The number of nitrogens with zero attached hydrogens (tertiary/aromatic N) is 2. The highest BCUT2D eigenvalue weighted by Crippen LogP contribution is 2.33. The number of aliphatic imine (C=N–C) groups is 2. The van der Waals surface area contributed by atoms with Crippen molar-refractivity contribution in [3.63, 3.8) is 0 Å². The molecule has 0 fully saturated rings. The number of aromatic hydroxyl groups is 2. The smallest absolute Gasteiger partial charge is 0.166 e. The van der Waals surface area contributed by atoms with Crippen LogP contribution in [0.5, 0.6) is 34.5 Å². The van der Waals surface area contributed by atoms with Crippen LogP contribution in [0.3, 0.4) is 0 Å². The predicted octanol–water partition coefficient (Wildman–Crippen LogP) is 5.86. The topological polar surface area (TPSA) is 121 Å². The van der Waals surface area contributed by atoms with Crippen LogP contribution < -0.4 is 18.9 Å². The minimum Gasteiger partial charge on any atom is -0.504 e. The zero-order valence-corrected chi connectivity index (χ0v) is 24.1. The first-order valence-electron chi connectivity index (χ1n) is 14.3. The third-order valence-corrected chi connectivity index (χ3v) is 6.42. The normalized spacial score (nSPS) is 15.1. The van der Waals surface area contributed by atoms with E-state index in [1.165, 1.54) is 0 Å². The Morgan fingerprint density at radius 2 is 0.773 bits per heavy atom. The summed E-state index contributed by atoms with van der Waals surface area (Å²) in [6.07, 6.45) is 3.10. The molecule has 10 nitrogen and oxygen atoms in total. The molecule has 44 heavy (non-hydrogen) atoms. The molecule has 2 N–H and O–H groups in total. The van der Waals surface area contributed by atoms with Gasteiger partial charge >= 0.3 is 0 Å². The van der Waals surface area contributed by atoms with E-state index < -0.39 is 0 Å². The van der Waals surface area contributed by atoms with Gasteiger partial charge in [0.25, 0.3) is 0 Å². The van der Waals surface area contributed by atoms with Crippen LogP contribution in [0.2, 0.25) is 0 Å². The standard InChI is InChI=1S/C34H34N2O8/c37-33-25-7-5-13-31(33)43-21-17-39-15-19-41-29-11-3-4-12-30(29)42-20-16-40-18-22-44-32-14-6-8-26(34(32)38)24-36-28-10-2-1-9-27(28)35-23-25/h1-14,23-24,37-38H,15-22H2. The van der Waals surface area contributed by atoms with Crippen LogP contribution in [-0.2, 0) is 9.47 Å². The van der Waals surface area contributed by atoms with Gasteiger partial charge in [0.05, 0.1) is 37.8 Å². The lowest BCUT2D eigenvalue weighted by Crippen LogP contribution is -2.14. The number of phenolic OH excluding ortho intramolecular Hbond substituents is 2. The molecule has 1 heterocycles. The van der Waals surface area contributed by atoms with E-state index in [0.717, 1.165) is 0 Å². The number of phenols is 2. The molecule has 5 rings (SSSR count). The Morgan fingerprint density at radius 3 is 1.20 bits per heavy atom. The molecule has 4 aromatic rings. The molecular formula is C34H34N2O8. The third kappa shape index (κ3) is 8.50. The van der Waals surface area contributed by atoms with Gasteiger partial charge < -0.3 is 38.6 Å². The van der Waals surface area contributed by atoms with Gasteiger partial charge in [-0.05, 0) is 48.5 Å². The van der Waals surface area contributed by atoms with Crippen LogP contribution in [0.4, 0.5) is 11.4 Å². The lowest BCUT2D eigenvalue weighted by molar-refractivity contribution is 0.0693. The number of ether oxygens (including phenoxy) is 6. The molecule has 0 saturated heterocycles. The van der Waals surface area contributed by atoms with Crippen molar-refractivity contribution in [2.75, 3.05) is 52.9 Å². The fourth-order valence-corrected chi connectivity index (χ4v) is 4.22. The Kier molecular flexibility index (Phi) is 11.0. The minimum absolute atomic E-state index is 0.0301. The molecule has 0 unspecified atom stereocenters. The molecule has 4 bridgehead atoms. The van der Waals surface area contributed by atoms with Crippen LogP contribution >= 0.6 is 0 Å². The average molecular weight is 599 g/mol. The number of para-hydroxylation sites is 6. The molecule has 0 atom stereocenters. The second-order valence-electron chi connectivity index (χ2n) is 9.46. The van der Waals surface area contributed by atoms with E-state index in [2.05, 4.69) is 9.98 Å². The first-order chi connectivity index (χ1) is 21.7. The molecule has 0 radical (unpaired) electrons. The number of hydrogen-bond acceptors (Lipinski definition) is 10. The van der Waals surface area contributed by atoms with Crippen molar-refractivity contribution < 1.29 is 38.6 Å². The molecule has 0 aromatic heterocycles. The van der Waals surface area contributed by atoms with E-state index in [-0.39, 0.29) is 24.7 Å². The van der Waals surface area contributed by atoms with Crippen LogP contribution in [0.1, 0.15) is 11.1 Å². The maximum Gasteiger partial charge on any atom is 0.166 e. The molecule has 0 amide bonds. The molecule has 228 valence electrons. The summed E-state index contributed by atoms with van der Waals surface area (Å²) in [4.78, 5) is 9.10. The summed E-state index contributed by atoms with van der Waals surface area (Å²) in [5.41, 5.74) is 2.12. The summed E-state index contributed by atoms with van der Waals surface area (Å²) < 4.78 is 34.5. The zero-order chi connectivity index (χ0) is 30.4. The fourth-order valence-electron chi connectivity index (χ4n) is 4.22. The monoisotopic (exact) mass is 598 g/mol. The highest BCUT2D eigenvalue weighted by atomic mass is 16.6. The largest absolute Gasteiger partial charge is 0.504 e. The van der Waals surface area contributed by atoms with E-state index in [9.17, 15) is 10.2 Å². The summed E-state index contributed by atoms with van der Waals surface area (Å²) in [6.45, 7) is 2.44. The quantitative estimate of drug-likeness (QED) is 0.258. The SMILES string of the molecule is Oc1c2cccc1OCCOCCOc1ccccc1OCCOCCOc1cccc(c1O)C=Nc1ccccc1N=C2. The van der Waals surface area contributed by atoms with Crippen molar-refractivity contribution in [3.8, 4) is 34.5 Å². The number of hydrogen-bond donors (Lipinski definition) is 2. The summed E-state index contributed by atoms with van der Waals surface area (Å²) >= 11 is 0. The summed E-state index contributed by atoms with van der Waals surface area (Å²) in [7, 11) is 0. The summed E-state index contributed by atoms with van der Waals surface area (Å²) in [5, 5.41) is 21.6. The van der Waals surface area contributed by atoms with Gasteiger partial charge in [0, 0.05) is 23.6 Å². The van der Waals surface area contributed by atoms with Gasteiger partial charge in [0.15, 0.2) is 34.5 Å². The summed E-state index contributed by atoms with van der Waals surface area (Å²) in [5.74, 6) is 1.79. The average Bonchev–Trinajstić information content (AvgIpc) is 3.04. The number of benzene rings is 4. The van der Waals surface area contributed by atoms with E-state index >= 15 is 0 Å². The molecule has 0 saturated carbocycles. The Morgan fingerprint density at radius 1 is 0.409 bits per heavy atom. The van der Waals surface area contributed by atoms with Crippen molar-refractivity contribution in [1.29, 1.82) is 0 Å². The molecule has 0 aliphatic carbocycles. The lowest BCUT2D eigenvalue weighted by Gasteiger charge is -2.14. The summed E-state index contributed by atoms with van der Waals surface area (Å²) in [6, 6.07) is 25.1. The van der Waals surface area contributed by atoms with Gasteiger partial charge in [-0.2, -0.15) is 0 Å². The van der Waals surface area contributed by atoms with E-state index in [4.69, 9.17) is 28.4 Å². The van der Waals surface area contributed by atoms with Gasteiger partial charge in [-0.1, -0.05) is 36.4 Å². The van der Waals surface area contributed by atoms with Gasteiger partial charge in [0.2, 0.25) is 0 Å². The van der Waals surface area contributed by atoms with Crippen molar-refractivity contribution in [3.05, 3.63) is 96.1 Å². The van der Waals surface area contributed by atoms with Crippen molar-refractivity contribution in [2.45, 2.75) is 0 Å². The van der Waals surface area contributed by atoms with Gasteiger partial charge in [0.1, 0.15) is 26.4 Å². The molecule has 10 heteroatoms. The highest BCUT2D eigenvalue weighted by molar-refractivity contribution is 5.90. The molecule has 1 aliphatic heterocycles. The highest BCUT2D eigenvalue weighted by Gasteiger charge is 2.10. The maximum absolute atomic E-state index is 10.8. The van der Waals surface area contributed by atoms with E-state index in [1.807, 2.05) is 48.5 Å². The van der Waals surface area contributed by atoms with Crippen LogP contribution in [0, 0.1) is 0 Å². The lowest BCUT2D eigenvalue weighted by atomic mass is 10.2. The first-order valence-corrected chi connectivity index (χ1v) is 14.3. The van der Waals surface area contributed by atoms with Gasteiger partial charge in [-0.15, -0.1) is 0 Å². The fraction of sp³-hybridized carbons (Fsp3) is 0.235. The maximum atomic E-state index is 10.8. The molecule has 1 aliphatic rings. The van der Waals surface area contributed by atoms with E-state index in [1.54, 1.807) is 48.8 Å². The Hall–Kier alpha value is -5.06. The Bertz CT molecular complexity index is 1460. The number of rotatable bonds is 0. The molecule has 0 spiro atoms. The molecular weight excluding hydrogens is 564 g/mol. The van der Waals surface area contributed by atoms with Crippen LogP contribution in [0.15, 0.2) is 94.9 Å². The Labute approximate surface area is 255 Å². The molecule has 4 aromatic carbocycles. The van der Waals surface area contributed by atoms with Gasteiger partial charge in [-0.25, -0.2) is 0 Å². The predicted molar refractivity (Wildman–Crippen MR) is 167 cm³/mol. The minimum atomic E-state index is -0.0301. The van der Waals surface area contributed by atoms with E-state index in [0.29, 0.717) is 85.1 Å². The second-order valence-corrected chi connectivity index (χ2v) is 9.46. The van der Waals surface area contributed by atoms with Crippen molar-refractivity contribution in [1.82, 2.24) is 0 Å². The van der Waals surface area contributed by atoms with Gasteiger partial charge in [-0.3, -0.25) is 9.98 Å². The second kappa shape index (κ2) is 16.0. The third-order valence-electron chi connectivity index (χ3n) is 6.42. The van der Waals surface area contributed by atoms with Crippen LogP contribution in [-0.4, -0.2) is 75.5 Å². The zero-order valence-electron chi connectivity index (χ0n) is 24.1. The van der Waals surface area contributed by atoms with Crippen molar-refractivity contribution >= 4 is 23.8 Å². The van der Waals surface area contributed by atoms with Crippen LogP contribution in [0.25, 0.3) is 0 Å². The number of fused-ring (bicyclic) bond motifs is 6. The first kappa shape index (κ1) is 30.4. The Balaban J connectivity index is 1.32.